The molecule has 0 aliphatic heterocycles. The van der Waals surface area contributed by atoms with E-state index in [9.17, 15) is 30.7 Å². The zero-order valence-corrected chi connectivity index (χ0v) is 10.1. The Morgan fingerprint density at radius 3 is 1.90 bits per heavy atom. The first-order valence-corrected chi connectivity index (χ1v) is 5.30. The normalized spacial score (nSPS) is 13.4. The lowest BCUT2D eigenvalue weighted by Crippen LogP contribution is -2.50. The highest BCUT2D eigenvalue weighted by Gasteiger charge is 2.73. The molecule has 2 nitrogen and oxygen atoms in total. The van der Waals surface area contributed by atoms with E-state index in [0.717, 1.165) is 6.07 Å². The topological polar surface area (TPSA) is 35.2 Å². The van der Waals surface area contributed by atoms with Crippen LogP contribution >= 0.6 is 0 Å². The van der Waals surface area contributed by atoms with E-state index in [2.05, 4.69) is 0 Å². The highest BCUT2D eigenvalue weighted by atomic mass is 19.4. The molecule has 0 aliphatic rings. The number of anilines is 1. The minimum Gasteiger partial charge on any atom is -0.492 e. The van der Waals surface area contributed by atoms with Gasteiger partial charge in [0.2, 0.25) is 0 Å². The summed E-state index contributed by atoms with van der Waals surface area (Å²) in [5, 5.41) is 0. The third-order valence-corrected chi connectivity index (χ3v) is 2.49. The summed E-state index contributed by atoms with van der Waals surface area (Å²) in [7, 11) is 0. The molecule has 0 saturated heterocycles. The molecule has 0 saturated carbocycles. The predicted octanol–water partition coefficient (Wildman–Crippen LogP) is 3.96. The van der Waals surface area contributed by atoms with Crippen LogP contribution in [0.2, 0.25) is 0 Å². The number of nitrogens with two attached hydrogens (primary N) is 1. The van der Waals surface area contributed by atoms with Crippen molar-refractivity contribution in [3.63, 3.8) is 0 Å². The number of benzene rings is 1. The third-order valence-electron chi connectivity index (χ3n) is 2.49. The fourth-order valence-corrected chi connectivity index (χ4v) is 1.52. The van der Waals surface area contributed by atoms with Crippen LogP contribution in [0.3, 0.4) is 0 Å². The van der Waals surface area contributed by atoms with Crippen LogP contribution in [0.1, 0.15) is 12.5 Å². The second-order valence-corrected chi connectivity index (χ2v) is 3.84. The molecule has 0 heterocycles. The molecule has 0 radical (unpaired) electrons. The predicted molar refractivity (Wildman–Crippen MR) is 56.9 cm³/mol. The molecule has 20 heavy (non-hydrogen) atoms. The molecule has 0 aromatic heterocycles. The lowest BCUT2D eigenvalue weighted by molar-refractivity contribution is -0.348. The van der Waals surface area contributed by atoms with Gasteiger partial charge in [-0.3, -0.25) is 0 Å². The van der Waals surface area contributed by atoms with Gasteiger partial charge in [0.1, 0.15) is 5.75 Å². The van der Waals surface area contributed by atoms with Crippen molar-refractivity contribution < 1.29 is 35.5 Å². The zero-order valence-electron chi connectivity index (χ0n) is 10.1. The minimum absolute atomic E-state index is 0.0506. The smallest absolute Gasteiger partial charge is 0.435 e. The second kappa shape index (κ2) is 5.02. The first-order chi connectivity index (χ1) is 8.95. The summed E-state index contributed by atoms with van der Waals surface area (Å²) in [6.07, 6.45) is -12.3. The van der Waals surface area contributed by atoms with Gasteiger partial charge in [-0.05, 0) is 19.1 Å². The Morgan fingerprint density at radius 1 is 1.00 bits per heavy atom. The summed E-state index contributed by atoms with van der Waals surface area (Å²) in [6, 6.07) is 1.37. The molecular weight excluding hydrogens is 295 g/mol. The standard InChI is InChI=1S/C11H10F7NO/c1-2-20-8-5-6(3-4-7(8)19)9(12,10(13,14)15)11(16,17)18/h3-5H,2,19H2,1H3. The number of rotatable bonds is 3. The zero-order chi connectivity index (χ0) is 15.8. The fourth-order valence-electron chi connectivity index (χ4n) is 1.52. The molecule has 0 fully saturated rings. The van der Waals surface area contributed by atoms with Crippen molar-refractivity contribution >= 4 is 5.69 Å². The van der Waals surface area contributed by atoms with E-state index in [1.54, 1.807) is 0 Å². The largest absolute Gasteiger partial charge is 0.492 e. The van der Waals surface area contributed by atoms with Crippen molar-refractivity contribution in [3.8, 4) is 5.75 Å². The van der Waals surface area contributed by atoms with E-state index in [-0.39, 0.29) is 12.3 Å². The van der Waals surface area contributed by atoms with Crippen LogP contribution in [0.5, 0.6) is 5.75 Å². The van der Waals surface area contributed by atoms with Gasteiger partial charge in [0, 0.05) is 5.56 Å². The molecule has 2 N–H and O–H groups in total. The first kappa shape index (κ1) is 16.4. The van der Waals surface area contributed by atoms with Crippen LogP contribution in [0.4, 0.5) is 36.4 Å². The van der Waals surface area contributed by atoms with Gasteiger partial charge in [-0.15, -0.1) is 0 Å². The van der Waals surface area contributed by atoms with Gasteiger partial charge < -0.3 is 10.5 Å². The average Bonchev–Trinajstić information content (AvgIpc) is 2.28. The Balaban J connectivity index is 3.48. The van der Waals surface area contributed by atoms with Crippen LogP contribution in [-0.2, 0) is 5.67 Å². The van der Waals surface area contributed by atoms with Gasteiger partial charge >= 0.3 is 18.0 Å². The Kier molecular flexibility index (Phi) is 4.12. The number of ether oxygens (including phenoxy) is 1. The Morgan fingerprint density at radius 2 is 1.50 bits per heavy atom. The molecule has 1 aromatic carbocycles. The van der Waals surface area contributed by atoms with Crippen LogP contribution in [0, 0.1) is 0 Å². The second-order valence-electron chi connectivity index (χ2n) is 3.84. The molecule has 1 rings (SSSR count). The molecule has 0 amide bonds. The molecule has 0 unspecified atom stereocenters. The minimum atomic E-state index is -6.16. The van der Waals surface area contributed by atoms with Crippen LogP contribution in [0.15, 0.2) is 18.2 Å². The van der Waals surface area contributed by atoms with Crippen molar-refractivity contribution in [1.82, 2.24) is 0 Å². The summed E-state index contributed by atoms with van der Waals surface area (Å²) in [4.78, 5) is 0. The lowest BCUT2D eigenvalue weighted by atomic mass is 9.93. The van der Waals surface area contributed by atoms with E-state index in [4.69, 9.17) is 10.5 Å². The summed E-state index contributed by atoms with van der Waals surface area (Å²) in [6.45, 7) is 1.40. The van der Waals surface area contributed by atoms with E-state index >= 15 is 0 Å². The third kappa shape index (κ3) is 2.61. The van der Waals surface area contributed by atoms with Gasteiger partial charge in [0.05, 0.1) is 12.3 Å². The van der Waals surface area contributed by atoms with Crippen LogP contribution in [0.25, 0.3) is 0 Å². The van der Waals surface area contributed by atoms with Gasteiger partial charge in [-0.1, -0.05) is 6.07 Å². The van der Waals surface area contributed by atoms with Gasteiger partial charge in [0.15, 0.2) is 0 Å². The maximum absolute atomic E-state index is 13.7. The fraction of sp³-hybridized carbons (Fsp3) is 0.455. The molecular formula is C11H10F7NO. The maximum atomic E-state index is 13.7. The summed E-state index contributed by atoms with van der Waals surface area (Å²) in [5.74, 6) is -0.444. The summed E-state index contributed by atoms with van der Waals surface area (Å²) in [5.41, 5.74) is -1.98. The molecule has 114 valence electrons. The van der Waals surface area contributed by atoms with Crippen molar-refractivity contribution in [2.45, 2.75) is 24.9 Å². The number of nitrogen functional groups attached to an aromatic ring is 1. The van der Waals surface area contributed by atoms with Gasteiger partial charge in [0.25, 0.3) is 0 Å². The van der Waals surface area contributed by atoms with Crippen molar-refractivity contribution in [2.24, 2.45) is 0 Å². The molecule has 0 atom stereocenters. The Hall–Kier alpha value is -1.67. The van der Waals surface area contributed by atoms with Crippen LogP contribution in [-0.4, -0.2) is 19.0 Å². The van der Waals surface area contributed by atoms with E-state index in [1.165, 1.54) is 6.92 Å². The number of hydrogen-bond donors (Lipinski definition) is 1. The maximum Gasteiger partial charge on any atom is 0.435 e. The van der Waals surface area contributed by atoms with Gasteiger partial charge in [-0.2, -0.15) is 26.3 Å². The number of alkyl halides is 7. The van der Waals surface area contributed by atoms with Crippen LogP contribution < -0.4 is 10.5 Å². The van der Waals surface area contributed by atoms with E-state index in [0.29, 0.717) is 12.1 Å². The lowest BCUT2D eigenvalue weighted by Gasteiger charge is -2.30. The van der Waals surface area contributed by atoms with Gasteiger partial charge in [-0.25, -0.2) is 4.39 Å². The molecule has 0 bridgehead atoms. The van der Waals surface area contributed by atoms with Crippen molar-refractivity contribution in [2.75, 3.05) is 12.3 Å². The average molecular weight is 305 g/mol. The Labute approximate surface area is 109 Å². The molecule has 9 heteroatoms. The van der Waals surface area contributed by atoms with Crippen molar-refractivity contribution in [1.29, 1.82) is 0 Å². The monoisotopic (exact) mass is 305 g/mol. The summed E-state index contributed by atoms with van der Waals surface area (Å²) < 4.78 is 93.7. The summed E-state index contributed by atoms with van der Waals surface area (Å²) >= 11 is 0. The molecule has 1 aromatic rings. The SMILES string of the molecule is CCOc1cc(C(F)(C(F)(F)F)C(F)(F)F)ccc1N. The van der Waals surface area contributed by atoms with E-state index in [1.807, 2.05) is 0 Å². The molecule has 0 aliphatic carbocycles. The van der Waals surface area contributed by atoms with E-state index < -0.39 is 29.3 Å². The first-order valence-electron chi connectivity index (χ1n) is 5.30. The van der Waals surface area contributed by atoms with Crippen molar-refractivity contribution in [3.05, 3.63) is 23.8 Å². The highest BCUT2D eigenvalue weighted by molar-refractivity contribution is 5.55. The number of halogens is 7. The quantitative estimate of drug-likeness (QED) is 0.678. The Bertz CT molecular complexity index is 467. The molecule has 0 spiro atoms. The number of hydrogen-bond acceptors (Lipinski definition) is 2. The highest BCUT2D eigenvalue weighted by Crippen LogP contribution is 2.53.